The molecule has 8 nitrogen and oxygen atoms in total. The largest absolute Gasteiger partial charge is 0.421 e. The van der Waals surface area contributed by atoms with Gasteiger partial charge in [-0.25, -0.2) is 4.98 Å². The van der Waals surface area contributed by atoms with Gasteiger partial charge in [0.15, 0.2) is 0 Å². The van der Waals surface area contributed by atoms with Gasteiger partial charge in [0.1, 0.15) is 11.4 Å². The molecule has 4 rings (SSSR count). The summed E-state index contributed by atoms with van der Waals surface area (Å²) in [5.74, 6) is -1.03. The second kappa shape index (κ2) is 7.05. The molecule has 2 aromatic rings. The van der Waals surface area contributed by atoms with Crippen LogP contribution in [0, 0.1) is 17.8 Å². The molecule has 2 aliphatic rings. The number of amides is 1. The maximum atomic E-state index is 13.5. The topological polar surface area (TPSA) is 96.8 Å². The van der Waals surface area contributed by atoms with Gasteiger partial charge < -0.3 is 16.0 Å². The monoisotopic (exact) mass is 407 g/mol. The van der Waals surface area contributed by atoms with Crippen molar-refractivity contribution in [1.82, 2.24) is 25.1 Å². The zero-order chi connectivity index (χ0) is 20.8. The molecule has 1 fully saturated rings. The van der Waals surface area contributed by atoms with Gasteiger partial charge in [0, 0.05) is 32.5 Å². The van der Waals surface area contributed by atoms with E-state index in [1.165, 1.54) is 13.2 Å². The van der Waals surface area contributed by atoms with Gasteiger partial charge in [-0.1, -0.05) is 12.2 Å². The minimum atomic E-state index is -4.63. The maximum absolute atomic E-state index is 13.5. The molecule has 0 saturated heterocycles. The highest BCUT2D eigenvalue weighted by molar-refractivity contribution is 5.81. The Morgan fingerprint density at radius 3 is 2.66 bits per heavy atom. The van der Waals surface area contributed by atoms with E-state index in [2.05, 4.69) is 31.0 Å². The number of hydrogen-bond acceptors (Lipinski definition) is 6. The number of rotatable bonds is 5. The van der Waals surface area contributed by atoms with E-state index >= 15 is 0 Å². The van der Waals surface area contributed by atoms with Crippen LogP contribution in [0.1, 0.15) is 12.0 Å². The summed E-state index contributed by atoms with van der Waals surface area (Å²) < 4.78 is 42.2. The van der Waals surface area contributed by atoms with Crippen molar-refractivity contribution in [1.29, 1.82) is 0 Å². The van der Waals surface area contributed by atoms with Crippen molar-refractivity contribution in [3.8, 4) is 0 Å². The molecular weight excluding hydrogens is 387 g/mol. The van der Waals surface area contributed by atoms with Crippen LogP contribution in [-0.2, 0) is 18.0 Å². The van der Waals surface area contributed by atoms with Crippen molar-refractivity contribution in [2.24, 2.45) is 24.8 Å². The van der Waals surface area contributed by atoms with E-state index in [9.17, 15) is 18.0 Å². The molecule has 2 heterocycles. The third kappa shape index (κ3) is 3.64. The first kappa shape index (κ1) is 19.2. The van der Waals surface area contributed by atoms with Gasteiger partial charge >= 0.3 is 6.18 Å². The summed E-state index contributed by atoms with van der Waals surface area (Å²) in [6, 6.07) is -0.479. The van der Waals surface area contributed by atoms with Crippen molar-refractivity contribution in [2.75, 3.05) is 17.7 Å². The standard InChI is InChI=1S/C18H20F3N7O/c1-22-16(29)13-9-3-4-10(5-9)14(13)26-15-12(18(19,20)21)7-23-17(27-15)25-11-6-24-28(2)8-11/h3-4,6-10,13-14H,5H2,1-2H3,(H,22,29)(H2,23,25,26,27)/t9-,10+,13+,14-/m0/s1. The number of carbonyl (C=O) groups is 1. The molecule has 0 radical (unpaired) electrons. The van der Waals surface area contributed by atoms with Crippen molar-refractivity contribution in [3.63, 3.8) is 0 Å². The number of anilines is 3. The van der Waals surface area contributed by atoms with Crippen LogP contribution in [0.25, 0.3) is 0 Å². The number of fused-ring (bicyclic) bond motifs is 2. The minimum absolute atomic E-state index is 0.00149. The van der Waals surface area contributed by atoms with Crippen molar-refractivity contribution in [3.05, 3.63) is 36.3 Å². The summed E-state index contributed by atoms with van der Waals surface area (Å²) >= 11 is 0. The molecule has 0 aromatic carbocycles. The molecule has 29 heavy (non-hydrogen) atoms. The Morgan fingerprint density at radius 2 is 2.00 bits per heavy atom. The number of hydrogen-bond donors (Lipinski definition) is 3. The van der Waals surface area contributed by atoms with E-state index in [4.69, 9.17) is 0 Å². The van der Waals surface area contributed by atoms with Gasteiger partial charge in [-0.15, -0.1) is 0 Å². The zero-order valence-electron chi connectivity index (χ0n) is 15.7. The fourth-order valence-corrected chi connectivity index (χ4v) is 4.08. The zero-order valence-corrected chi connectivity index (χ0v) is 15.7. The summed E-state index contributed by atoms with van der Waals surface area (Å²) in [5.41, 5.74) is -0.430. The first-order valence-corrected chi connectivity index (χ1v) is 9.12. The quantitative estimate of drug-likeness (QED) is 0.659. The molecule has 154 valence electrons. The second-order valence-electron chi connectivity index (χ2n) is 7.24. The highest BCUT2D eigenvalue weighted by Crippen LogP contribution is 2.46. The first-order valence-electron chi connectivity index (χ1n) is 9.12. The van der Waals surface area contributed by atoms with E-state index in [1.807, 2.05) is 12.2 Å². The molecule has 2 aromatic heterocycles. The predicted molar refractivity (Wildman–Crippen MR) is 99.2 cm³/mol. The molecule has 1 amide bonds. The number of nitrogens with zero attached hydrogens (tertiary/aromatic N) is 4. The number of halogens is 3. The number of nitrogens with one attached hydrogen (secondary N) is 3. The molecule has 0 aliphatic heterocycles. The fourth-order valence-electron chi connectivity index (χ4n) is 4.08. The van der Waals surface area contributed by atoms with Crippen LogP contribution >= 0.6 is 0 Å². The SMILES string of the molecule is CNC(=O)[C@H]1[C@@H](Nc2nc(Nc3cnn(C)c3)ncc2C(F)(F)F)[C@@H]2C=C[C@H]1C2. The van der Waals surface area contributed by atoms with Crippen LogP contribution < -0.4 is 16.0 Å². The van der Waals surface area contributed by atoms with Gasteiger partial charge in [-0.05, 0) is 18.3 Å². The molecule has 2 bridgehead atoms. The molecule has 0 spiro atoms. The van der Waals surface area contributed by atoms with Crippen LogP contribution in [0.4, 0.5) is 30.6 Å². The van der Waals surface area contributed by atoms with Gasteiger partial charge in [0.2, 0.25) is 11.9 Å². The number of allylic oxidation sites excluding steroid dienone is 1. The lowest BCUT2D eigenvalue weighted by Crippen LogP contribution is -2.42. The maximum Gasteiger partial charge on any atom is 0.421 e. The van der Waals surface area contributed by atoms with E-state index < -0.39 is 23.7 Å². The number of carbonyl (C=O) groups excluding carboxylic acids is 1. The van der Waals surface area contributed by atoms with Crippen LogP contribution in [-0.4, -0.2) is 38.7 Å². The van der Waals surface area contributed by atoms with Gasteiger partial charge in [-0.2, -0.15) is 23.3 Å². The average molecular weight is 407 g/mol. The minimum Gasteiger partial charge on any atom is -0.365 e. The lowest BCUT2D eigenvalue weighted by atomic mass is 9.88. The number of aromatic nitrogens is 4. The van der Waals surface area contributed by atoms with Gasteiger partial charge in [0.05, 0.1) is 17.8 Å². The molecule has 4 atom stereocenters. The Balaban J connectivity index is 1.66. The lowest BCUT2D eigenvalue weighted by Gasteiger charge is -2.29. The molecular formula is C18H20F3N7O. The highest BCUT2D eigenvalue weighted by atomic mass is 19.4. The second-order valence-corrected chi connectivity index (χ2v) is 7.24. The highest BCUT2D eigenvalue weighted by Gasteiger charge is 2.49. The van der Waals surface area contributed by atoms with Gasteiger partial charge in [-0.3, -0.25) is 9.48 Å². The Bertz CT molecular complexity index is 955. The molecule has 3 N–H and O–H groups in total. The normalized spacial score (nSPS) is 25.3. The average Bonchev–Trinajstić information content (AvgIpc) is 3.37. The summed E-state index contributed by atoms with van der Waals surface area (Å²) in [6.45, 7) is 0. The van der Waals surface area contributed by atoms with E-state index in [1.54, 1.807) is 17.9 Å². The van der Waals surface area contributed by atoms with Crippen LogP contribution in [0.3, 0.4) is 0 Å². The molecule has 11 heteroatoms. The van der Waals surface area contributed by atoms with Crippen molar-refractivity contribution >= 4 is 23.4 Å². The predicted octanol–water partition coefficient (Wildman–Crippen LogP) is 2.32. The lowest BCUT2D eigenvalue weighted by molar-refractivity contribution is -0.137. The molecule has 2 aliphatic carbocycles. The third-order valence-corrected chi connectivity index (χ3v) is 5.37. The van der Waals surface area contributed by atoms with Crippen molar-refractivity contribution in [2.45, 2.75) is 18.6 Å². The summed E-state index contributed by atoms with van der Waals surface area (Å²) in [4.78, 5) is 20.2. The molecule has 0 unspecified atom stereocenters. The van der Waals surface area contributed by atoms with Crippen molar-refractivity contribution < 1.29 is 18.0 Å². The first-order chi connectivity index (χ1) is 13.8. The third-order valence-electron chi connectivity index (χ3n) is 5.37. The van der Waals surface area contributed by atoms with E-state index in [-0.39, 0.29) is 29.5 Å². The van der Waals surface area contributed by atoms with Gasteiger partial charge in [0.25, 0.3) is 0 Å². The smallest absolute Gasteiger partial charge is 0.365 e. The van der Waals surface area contributed by atoms with E-state index in [0.717, 1.165) is 12.6 Å². The fraction of sp³-hybridized carbons (Fsp3) is 0.444. The number of alkyl halides is 3. The summed E-state index contributed by atoms with van der Waals surface area (Å²) in [5, 5.41) is 12.3. The van der Waals surface area contributed by atoms with Crippen LogP contribution in [0.2, 0.25) is 0 Å². The molecule has 1 saturated carbocycles. The Hall–Kier alpha value is -3.11. The summed E-state index contributed by atoms with van der Waals surface area (Å²) in [6.07, 6.45) is 3.90. The Kier molecular flexibility index (Phi) is 4.67. The Labute approximate surface area is 164 Å². The van der Waals surface area contributed by atoms with Crippen LogP contribution in [0.5, 0.6) is 0 Å². The number of aryl methyl sites for hydroxylation is 1. The summed E-state index contributed by atoms with van der Waals surface area (Å²) in [7, 11) is 3.24. The van der Waals surface area contributed by atoms with E-state index in [0.29, 0.717) is 5.69 Å². The van der Waals surface area contributed by atoms with Crippen LogP contribution in [0.15, 0.2) is 30.7 Å². The Morgan fingerprint density at radius 1 is 1.24 bits per heavy atom.